The first-order valence-electron chi connectivity index (χ1n) is 9.36. The van der Waals surface area contributed by atoms with Crippen LogP contribution in [0.15, 0.2) is 47.7 Å². The molecule has 8 heteroatoms. The molecular formula is C21H21N3O4S. The first kappa shape index (κ1) is 19.5. The molecule has 0 radical (unpaired) electrons. The lowest BCUT2D eigenvalue weighted by atomic mass is 9.92. The van der Waals surface area contributed by atoms with E-state index in [9.17, 15) is 9.90 Å². The van der Waals surface area contributed by atoms with Crippen molar-refractivity contribution in [3.05, 3.63) is 59.4 Å². The summed E-state index contributed by atoms with van der Waals surface area (Å²) < 4.78 is 10.9. The van der Waals surface area contributed by atoms with Crippen LogP contribution in [0.3, 0.4) is 0 Å². The maximum Gasteiger partial charge on any atom is 0.259 e. The average molecular weight is 411 g/mol. The number of amides is 1. The average Bonchev–Trinajstić information content (AvgIpc) is 3.44. The van der Waals surface area contributed by atoms with E-state index >= 15 is 0 Å². The Hall–Kier alpha value is -2.81. The third-order valence-corrected chi connectivity index (χ3v) is 5.91. The topological polar surface area (TPSA) is 97.5 Å². The van der Waals surface area contributed by atoms with Crippen molar-refractivity contribution in [3.8, 4) is 11.5 Å². The molecule has 4 rings (SSSR count). The fraction of sp³-hybridized carbons (Fsp3) is 0.286. The van der Waals surface area contributed by atoms with Crippen LogP contribution in [0.2, 0.25) is 0 Å². The van der Waals surface area contributed by atoms with Gasteiger partial charge in [0.05, 0.1) is 28.5 Å². The molecule has 150 valence electrons. The van der Waals surface area contributed by atoms with Gasteiger partial charge in [0.2, 0.25) is 0 Å². The molecule has 0 bridgehead atoms. The lowest BCUT2D eigenvalue weighted by Gasteiger charge is -2.26. The van der Waals surface area contributed by atoms with Gasteiger partial charge in [0.15, 0.2) is 10.9 Å². The number of furan rings is 1. The third-order valence-electron chi connectivity index (χ3n) is 4.87. The molecular weight excluding hydrogens is 390 g/mol. The van der Waals surface area contributed by atoms with Gasteiger partial charge >= 0.3 is 0 Å². The Morgan fingerprint density at radius 1 is 1.34 bits per heavy atom. The Bertz CT molecular complexity index is 976. The molecule has 1 amide bonds. The summed E-state index contributed by atoms with van der Waals surface area (Å²) in [6.45, 7) is 4.92. The predicted octanol–water partition coefficient (Wildman–Crippen LogP) is 4.15. The van der Waals surface area contributed by atoms with Crippen LogP contribution in [0.25, 0.3) is 17.5 Å². The lowest BCUT2D eigenvalue weighted by molar-refractivity contribution is 0.00862. The van der Waals surface area contributed by atoms with Gasteiger partial charge in [-0.1, -0.05) is 17.9 Å². The number of rotatable bonds is 6. The van der Waals surface area contributed by atoms with Crippen molar-refractivity contribution < 1.29 is 19.1 Å². The molecule has 1 saturated heterocycles. The molecule has 4 heterocycles. The zero-order chi connectivity index (χ0) is 20.2. The van der Waals surface area contributed by atoms with Crippen LogP contribution in [0.5, 0.6) is 0 Å². The Kier molecular flexibility index (Phi) is 5.84. The molecule has 0 saturated carbocycles. The number of carbonyl (C=O) groups is 1. The second-order valence-electron chi connectivity index (χ2n) is 6.73. The van der Waals surface area contributed by atoms with Crippen LogP contribution in [0.1, 0.15) is 39.9 Å². The van der Waals surface area contributed by atoms with E-state index in [0.717, 1.165) is 12.8 Å². The van der Waals surface area contributed by atoms with E-state index in [1.54, 1.807) is 36.6 Å². The number of thiazole rings is 1. The summed E-state index contributed by atoms with van der Waals surface area (Å²) >= 11 is 1.26. The summed E-state index contributed by atoms with van der Waals surface area (Å²) in [6.07, 6.45) is 5.52. The van der Waals surface area contributed by atoms with Gasteiger partial charge in [0, 0.05) is 19.4 Å². The van der Waals surface area contributed by atoms with Crippen LogP contribution in [0, 0.1) is 5.92 Å². The molecule has 3 aromatic rings. The number of nitrogens with one attached hydrogen (secondary N) is 1. The van der Waals surface area contributed by atoms with E-state index in [1.165, 1.54) is 17.5 Å². The molecule has 1 unspecified atom stereocenters. The van der Waals surface area contributed by atoms with Gasteiger partial charge in [-0.15, -0.1) is 0 Å². The van der Waals surface area contributed by atoms with Gasteiger partial charge in [-0.05, 0) is 49.1 Å². The van der Waals surface area contributed by atoms with E-state index < -0.39 is 6.10 Å². The standard InChI is InChI=1S/C21H21N3O4S/c1-2-15-6-5-14(12-22-15)20(26)24-21-23-17(16-4-3-9-28-16)19(29-21)18(25)13-7-10-27-11-8-13/h2-6,9,12-13,18,25H,1,7-8,10-11H2,(H,23,24,26). The van der Waals surface area contributed by atoms with Crippen molar-refractivity contribution in [1.29, 1.82) is 0 Å². The quantitative estimate of drug-likeness (QED) is 0.632. The van der Waals surface area contributed by atoms with E-state index in [-0.39, 0.29) is 11.8 Å². The van der Waals surface area contributed by atoms with Gasteiger partial charge < -0.3 is 14.3 Å². The zero-order valence-corrected chi connectivity index (χ0v) is 16.5. The first-order chi connectivity index (χ1) is 14.2. The van der Waals surface area contributed by atoms with Crippen LogP contribution < -0.4 is 5.32 Å². The summed E-state index contributed by atoms with van der Waals surface area (Å²) in [4.78, 5) is 21.9. The minimum absolute atomic E-state index is 0.0807. The van der Waals surface area contributed by atoms with Crippen molar-refractivity contribution in [3.63, 3.8) is 0 Å². The number of ether oxygens (including phenoxy) is 1. The summed E-state index contributed by atoms with van der Waals surface area (Å²) in [6, 6.07) is 6.96. The minimum atomic E-state index is -0.698. The highest BCUT2D eigenvalue weighted by atomic mass is 32.1. The number of aromatic nitrogens is 2. The summed E-state index contributed by atoms with van der Waals surface area (Å²) in [5.74, 6) is 0.317. The minimum Gasteiger partial charge on any atom is -0.463 e. The van der Waals surface area contributed by atoms with Crippen LogP contribution in [0.4, 0.5) is 5.13 Å². The number of hydrogen-bond acceptors (Lipinski definition) is 7. The van der Waals surface area contributed by atoms with E-state index in [4.69, 9.17) is 9.15 Å². The van der Waals surface area contributed by atoms with Crippen molar-refractivity contribution in [2.75, 3.05) is 18.5 Å². The zero-order valence-electron chi connectivity index (χ0n) is 15.7. The Morgan fingerprint density at radius 3 is 2.83 bits per heavy atom. The second kappa shape index (κ2) is 8.69. The number of anilines is 1. The van der Waals surface area contributed by atoms with E-state index in [0.29, 0.717) is 45.9 Å². The molecule has 7 nitrogen and oxygen atoms in total. The van der Waals surface area contributed by atoms with Crippen LogP contribution in [-0.4, -0.2) is 34.2 Å². The number of nitrogens with zero attached hydrogens (tertiary/aromatic N) is 2. The van der Waals surface area contributed by atoms with Gasteiger partial charge in [-0.3, -0.25) is 15.1 Å². The normalized spacial score (nSPS) is 15.8. The van der Waals surface area contributed by atoms with Gasteiger partial charge in [-0.25, -0.2) is 4.98 Å². The molecule has 0 aromatic carbocycles. The Balaban J connectivity index is 1.60. The Morgan fingerprint density at radius 2 is 2.17 bits per heavy atom. The van der Waals surface area contributed by atoms with Crippen LogP contribution in [-0.2, 0) is 4.74 Å². The van der Waals surface area contributed by atoms with Gasteiger partial charge in [0.1, 0.15) is 5.69 Å². The SMILES string of the molecule is C=Cc1ccc(C(=O)Nc2nc(-c3ccco3)c(C(O)C3CCOCC3)s2)cn1. The highest BCUT2D eigenvalue weighted by Gasteiger charge is 2.29. The number of aliphatic hydroxyl groups excluding tert-OH is 1. The molecule has 0 spiro atoms. The molecule has 1 atom stereocenters. The summed E-state index contributed by atoms with van der Waals surface area (Å²) in [5.41, 5.74) is 1.66. The molecule has 29 heavy (non-hydrogen) atoms. The first-order valence-corrected chi connectivity index (χ1v) is 10.2. The largest absolute Gasteiger partial charge is 0.463 e. The lowest BCUT2D eigenvalue weighted by Crippen LogP contribution is -2.21. The number of carbonyl (C=O) groups excluding carboxylic acids is 1. The summed E-state index contributed by atoms with van der Waals surface area (Å²) in [7, 11) is 0. The fourth-order valence-corrected chi connectivity index (χ4v) is 4.30. The summed E-state index contributed by atoms with van der Waals surface area (Å²) in [5, 5.41) is 14.2. The molecule has 0 aliphatic carbocycles. The monoisotopic (exact) mass is 411 g/mol. The number of hydrogen-bond donors (Lipinski definition) is 2. The highest BCUT2D eigenvalue weighted by Crippen LogP contribution is 2.41. The molecule has 1 aliphatic heterocycles. The molecule has 3 aromatic heterocycles. The van der Waals surface area contributed by atoms with Crippen molar-refractivity contribution >= 4 is 28.5 Å². The van der Waals surface area contributed by atoms with E-state index in [2.05, 4.69) is 21.9 Å². The van der Waals surface area contributed by atoms with Crippen molar-refractivity contribution in [1.82, 2.24) is 9.97 Å². The highest BCUT2D eigenvalue weighted by molar-refractivity contribution is 7.16. The Labute approximate surface area is 172 Å². The van der Waals surface area contributed by atoms with Crippen LogP contribution >= 0.6 is 11.3 Å². The third kappa shape index (κ3) is 4.29. The predicted molar refractivity (Wildman–Crippen MR) is 111 cm³/mol. The van der Waals surface area contributed by atoms with Crippen molar-refractivity contribution in [2.24, 2.45) is 5.92 Å². The molecule has 2 N–H and O–H groups in total. The van der Waals surface area contributed by atoms with Gasteiger partial charge in [-0.2, -0.15) is 0 Å². The maximum atomic E-state index is 12.6. The number of aliphatic hydroxyl groups is 1. The smallest absolute Gasteiger partial charge is 0.259 e. The van der Waals surface area contributed by atoms with E-state index in [1.807, 2.05) is 0 Å². The van der Waals surface area contributed by atoms with Crippen molar-refractivity contribution in [2.45, 2.75) is 18.9 Å². The molecule has 1 aliphatic rings. The fourth-order valence-electron chi connectivity index (χ4n) is 3.25. The van der Waals surface area contributed by atoms with Gasteiger partial charge in [0.25, 0.3) is 5.91 Å². The number of pyridine rings is 1. The maximum absolute atomic E-state index is 12.6. The second-order valence-corrected chi connectivity index (χ2v) is 7.76. The molecule has 1 fully saturated rings.